The molecule has 5 N–H and O–H groups in total. The van der Waals surface area contributed by atoms with Crippen LogP contribution in [0.2, 0.25) is 0 Å². The number of hydrogen-bond donors (Lipinski definition) is 3. The zero-order valence-corrected chi connectivity index (χ0v) is 7.87. The van der Waals surface area contributed by atoms with Gasteiger partial charge in [0.15, 0.2) is 0 Å². The molecule has 0 unspecified atom stereocenters. The number of hydrogen-bond acceptors (Lipinski definition) is 3. The van der Waals surface area contributed by atoms with E-state index >= 15 is 0 Å². The molecule has 0 radical (unpaired) electrons. The van der Waals surface area contributed by atoms with Gasteiger partial charge in [-0.05, 0) is 6.92 Å². The molecular formula is C8H13N3O3. The van der Waals surface area contributed by atoms with Gasteiger partial charge in [0, 0.05) is 5.57 Å². The maximum absolute atomic E-state index is 11.1. The minimum absolute atomic E-state index is 0.223. The van der Waals surface area contributed by atoms with Gasteiger partial charge >= 0.3 is 0 Å². The second-order valence-electron chi connectivity index (χ2n) is 2.88. The first-order valence-electron chi connectivity index (χ1n) is 3.88. The Morgan fingerprint density at radius 2 is 1.86 bits per heavy atom. The molecule has 0 spiro atoms. The molecule has 0 aliphatic heterocycles. The highest BCUT2D eigenvalue weighted by Crippen LogP contribution is 1.93. The number of primary amides is 2. The summed E-state index contributed by atoms with van der Waals surface area (Å²) in [6.07, 6.45) is -0.311. The Hall–Kier alpha value is -1.85. The van der Waals surface area contributed by atoms with Crippen molar-refractivity contribution >= 4 is 17.7 Å². The van der Waals surface area contributed by atoms with E-state index in [4.69, 9.17) is 11.5 Å². The summed E-state index contributed by atoms with van der Waals surface area (Å²) in [6, 6.07) is -1.07. The molecule has 78 valence electrons. The molecule has 6 heteroatoms. The van der Waals surface area contributed by atoms with Crippen molar-refractivity contribution in [3.63, 3.8) is 0 Å². The highest BCUT2D eigenvalue weighted by molar-refractivity contribution is 5.97. The molecule has 0 aliphatic carbocycles. The summed E-state index contributed by atoms with van der Waals surface area (Å²) in [5.74, 6) is -2.05. The average Bonchev–Trinajstić information content (AvgIpc) is 2.01. The molecule has 0 saturated heterocycles. The largest absolute Gasteiger partial charge is 0.370 e. The fourth-order valence-electron chi connectivity index (χ4n) is 0.705. The van der Waals surface area contributed by atoms with Gasteiger partial charge < -0.3 is 16.8 Å². The van der Waals surface area contributed by atoms with Crippen LogP contribution in [0.25, 0.3) is 0 Å². The first kappa shape index (κ1) is 12.2. The van der Waals surface area contributed by atoms with Crippen molar-refractivity contribution in [2.45, 2.75) is 19.4 Å². The van der Waals surface area contributed by atoms with Gasteiger partial charge in [-0.1, -0.05) is 6.58 Å². The Morgan fingerprint density at radius 3 is 2.14 bits per heavy atom. The fraction of sp³-hybridized carbons (Fsp3) is 0.375. The van der Waals surface area contributed by atoms with Crippen molar-refractivity contribution in [3.8, 4) is 0 Å². The Morgan fingerprint density at radius 1 is 1.36 bits per heavy atom. The molecule has 3 amide bonds. The van der Waals surface area contributed by atoms with Crippen molar-refractivity contribution in [1.82, 2.24) is 5.32 Å². The van der Waals surface area contributed by atoms with Crippen LogP contribution in [0.1, 0.15) is 13.3 Å². The van der Waals surface area contributed by atoms with Crippen molar-refractivity contribution in [3.05, 3.63) is 12.2 Å². The van der Waals surface area contributed by atoms with E-state index in [1.165, 1.54) is 6.92 Å². The Bertz CT molecular complexity index is 286. The summed E-state index contributed by atoms with van der Waals surface area (Å²) >= 11 is 0. The van der Waals surface area contributed by atoms with E-state index in [1.54, 1.807) is 0 Å². The van der Waals surface area contributed by atoms with Gasteiger partial charge in [-0.15, -0.1) is 0 Å². The molecule has 0 rings (SSSR count). The quantitative estimate of drug-likeness (QED) is 0.463. The topological polar surface area (TPSA) is 115 Å². The first-order chi connectivity index (χ1) is 6.34. The van der Waals surface area contributed by atoms with Gasteiger partial charge in [-0.25, -0.2) is 0 Å². The predicted molar refractivity (Wildman–Crippen MR) is 49.8 cm³/mol. The third-order valence-corrected chi connectivity index (χ3v) is 1.44. The lowest BCUT2D eigenvalue weighted by Gasteiger charge is -2.13. The molecule has 6 nitrogen and oxygen atoms in total. The summed E-state index contributed by atoms with van der Waals surface area (Å²) in [7, 11) is 0. The third-order valence-electron chi connectivity index (χ3n) is 1.44. The number of amides is 3. The highest BCUT2D eigenvalue weighted by atomic mass is 16.2. The first-order valence-corrected chi connectivity index (χ1v) is 3.88. The standard InChI is InChI=1S/C8H13N3O3/c1-4(2)8(14)11-5(7(10)13)3-6(9)12/h5H,1,3H2,2H3,(H2,9,12)(H2,10,13)(H,11,14)/t5-/m0/s1. The minimum atomic E-state index is -1.07. The maximum Gasteiger partial charge on any atom is 0.246 e. The monoisotopic (exact) mass is 199 g/mol. The van der Waals surface area contributed by atoms with Gasteiger partial charge in [0.25, 0.3) is 0 Å². The Balaban J connectivity index is 4.38. The summed E-state index contributed by atoms with van der Waals surface area (Å²) in [4.78, 5) is 32.3. The van der Waals surface area contributed by atoms with Crippen molar-refractivity contribution < 1.29 is 14.4 Å². The average molecular weight is 199 g/mol. The second-order valence-corrected chi connectivity index (χ2v) is 2.88. The smallest absolute Gasteiger partial charge is 0.246 e. The zero-order valence-electron chi connectivity index (χ0n) is 7.87. The Labute approximate surface area is 81.3 Å². The van der Waals surface area contributed by atoms with Crippen LogP contribution in [-0.2, 0) is 14.4 Å². The molecule has 0 saturated carbocycles. The summed E-state index contributed by atoms with van der Waals surface area (Å²) < 4.78 is 0. The van der Waals surface area contributed by atoms with Crippen LogP contribution in [0.5, 0.6) is 0 Å². The van der Waals surface area contributed by atoms with Crippen LogP contribution in [-0.4, -0.2) is 23.8 Å². The lowest BCUT2D eigenvalue weighted by molar-refractivity contribution is -0.128. The van der Waals surface area contributed by atoms with Crippen molar-refractivity contribution in [2.75, 3.05) is 0 Å². The van der Waals surface area contributed by atoms with Crippen LogP contribution >= 0.6 is 0 Å². The summed E-state index contributed by atoms with van der Waals surface area (Å²) in [6.45, 7) is 4.84. The zero-order chi connectivity index (χ0) is 11.3. The lowest BCUT2D eigenvalue weighted by Crippen LogP contribution is -2.46. The van der Waals surface area contributed by atoms with Crippen LogP contribution in [0.15, 0.2) is 12.2 Å². The third kappa shape index (κ3) is 4.24. The Kier molecular flexibility index (Phi) is 4.34. The minimum Gasteiger partial charge on any atom is -0.370 e. The van der Waals surface area contributed by atoms with E-state index in [0.717, 1.165) is 0 Å². The summed E-state index contributed by atoms with van der Waals surface area (Å²) in [5, 5.41) is 2.23. The van der Waals surface area contributed by atoms with Gasteiger partial charge in [-0.3, -0.25) is 14.4 Å². The molecular weight excluding hydrogens is 186 g/mol. The SMILES string of the molecule is C=C(C)C(=O)N[C@@H](CC(N)=O)C(N)=O. The normalized spacial score (nSPS) is 11.5. The molecule has 0 aromatic carbocycles. The van der Waals surface area contributed by atoms with Crippen LogP contribution in [0.4, 0.5) is 0 Å². The van der Waals surface area contributed by atoms with Crippen LogP contribution in [0, 0.1) is 0 Å². The lowest BCUT2D eigenvalue weighted by atomic mass is 10.1. The van der Waals surface area contributed by atoms with Crippen molar-refractivity contribution in [1.29, 1.82) is 0 Å². The van der Waals surface area contributed by atoms with Crippen LogP contribution in [0.3, 0.4) is 0 Å². The van der Waals surface area contributed by atoms with E-state index < -0.39 is 23.8 Å². The van der Waals surface area contributed by atoms with Gasteiger partial charge in [0.1, 0.15) is 6.04 Å². The molecule has 1 atom stereocenters. The second kappa shape index (κ2) is 5.00. The van der Waals surface area contributed by atoms with Gasteiger partial charge in [-0.2, -0.15) is 0 Å². The van der Waals surface area contributed by atoms with E-state index in [9.17, 15) is 14.4 Å². The summed E-state index contributed by atoms with van der Waals surface area (Å²) in [5.41, 5.74) is 10.0. The molecule has 0 aliphatic rings. The highest BCUT2D eigenvalue weighted by Gasteiger charge is 2.20. The van der Waals surface area contributed by atoms with Gasteiger partial charge in [0.2, 0.25) is 17.7 Å². The van der Waals surface area contributed by atoms with E-state index in [2.05, 4.69) is 11.9 Å². The van der Waals surface area contributed by atoms with Gasteiger partial charge in [0.05, 0.1) is 6.42 Å². The predicted octanol–water partition coefficient (Wildman–Crippen LogP) is -1.59. The fourth-order valence-corrected chi connectivity index (χ4v) is 0.705. The molecule has 0 aromatic rings. The molecule has 14 heavy (non-hydrogen) atoms. The number of nitrogens with one attached hydrogen (secondary N) is 1. The van der Waals surface area contributed by atoms with Crippen LogP contribution < -0.4 is 16.8 Å². The number of carbonyl (C=O) groups is 3. The molecule has 0 heterocycles. The number of carbonyl (C=O) groups excluding carboxylic acids is 3. The van der Waals surface area contributed by atoms with E-state index in [1.807, 2.05) is 0 Å². The number of rotatable bonds is 5. The molecule has 0 bridgehead atoms. The molecule has 0 fully saturated rings. The maximum atomic E-state index is 11.1. The van der Waals surface area contributed by atoms with E-state index in [-0.39, 0.29) is 12.0 Å². The van der Waals surface area contributed by atoms with E-state index in [0.29, 0.717) is 0 Å². The van der Waals surface area contributed by atoms with Crippen molar-refractivity contribution in [2.24, 2.45) is 11.5 Å². The molecule has 0 aromatic heterocycles. The number of nitrogens with two attached hydrogens (primary N) is 2.